The van der Waals surface area contributed by atoms with Crippen LogP contribution in [0.5, 0.6) is 5.75 Å². The van der Waals surface area contributed by atoms with Gasteiger partial charge in [0.2, 0.25) is 0 Å². The van der Waals surface area contributed by atoms with Gasteiger partial charge in [-0.2, -0.15) is 0 Å². The number of hydrogen-bond donors (Lipinski definition) is 3. The first kappa shape index (κ1) is 26.7. The fraction of sp³-hybridized carbons (Fsp3) is 0.259. The van der Waals surface area contributed by atoms with Crippen molar-refractivity contribution in [3.8, 4) is 5.75 Å². The second-order valence-corrected chi connectivity index (χ2v) is 7.88. The zero-order valence-corrected chi connectivity index (χ0v) is 20.2. The average molecular weight is 487 g/mol. The molecule has 4 nitrogen and oxygen atoms in total. The lowest BCUT2D eigenvalue weighted by Crippen LogP contribution is -2.43. The number of phenolic OH excluding ortho intramolecular Hbond substituents is 1. The summed E-state index contributed by atoms with van der Waals surface area (Å²) in [6, 6.07) is 26.6. The van der Waals surface area contributed by atoms with Gasteiger partial charge in [0.25, 0.3) is 0 Å². The minimum absolute atomic E-state index is 0. The van der Waals surface area contributed by atoms with Crippen molar-refractivity contribution in [3.05, 3.63) is 95.6 Å². The zero-order valence-electron chi connectivity index (χ0n) is 18.6. The summed E-state index contributed by atoms with van der Waals surface area (Å²) in [5.41, 5.74) is 6.95. The van der Waals surface area contributed by atoms with Gasteiger partial charge in [-0.3, -0.25) is 0 Å². The highest BCUT2D eigenvalue weighted by molar-refractivity contribution is 5.98. The summed E-state index contributed by atoms with van der Waals surface area (Å²) < 4.78 is 0. The lowest BCUT2D eigenvalue weighted by Gasteiger charge is -2.29. The van der Waals surface area contributed by atoms with Crippen molar-refractivity contribution in [1.29, 1.82) is 0 Å². The van der Waals surface area contributed by atoms with Crippen molar-refractivity contribution in [3.63, 3.8) is 0 Å². The summed E-state index contributed by atoms with van der Waals surface area (Å²) >= 11 is 0. The Morgan fingerprint density at radius 2 is 1.33 bits per heavy atom. The molecule has 6 heteroatoms. The third-order valence-corrected chi connectivity index (χ3v) is 5.80. The Bertz CT molecular complexity index is 1000. The molecule has 33 heavy (non-hydrogen) atoms. The first-order valence-electron chi connectivity index (χ1n) is 11.0. The van der Waals surface area contributed by atoms with Gasteiger partial charge in [0.1, 0.15) is 5.75 Å². The quantitative estimate of drug-likeness (QED) is 0.392. The average Bonchev–Trinajstić information content (AvgIpc) is 2.84. The molecule has 1 saturated heterocycles. The maximum atomic E-state index is 9.83. The number of benzene rings is 3. The molecule has 3 N–H and O–H groups in total. The number of aliphatic hydroxyl groups is 1. The molecule has 0 aliphatic carbocycles. The third kappa shape index (κ3) is 6.75. The zero-order chi connectivity index (χ0) is 21.5. The number of phenols is 1. The maximum Gasteiger partial charge on any atom is 0.115 e. The Hall–Kier alpha value is -2.50. The summed E-state index contributed by atoms with van der Waals surface area (Å²) in [4.78, 5) is 2.41. The van der Waals surface area contributed by atoms with Gasteiger partial charge >= 0.3 is 0 Å². The number of allylic oxidation sites excluding steroid dienone is 1. The van der Waals surface area contributed by atoms with Gasteiger partial charge in [0.15, 0.2) is 0 Å². The monoisotopic (exact) mass is 486 g/mol. The minimum Gasteiger partial charge on any atom is -0.508 e. The predicted octanol–water partition coefficient (Wildman–Crippen LogP) is 5.38. The van der Waals surface area contributed by atoms with Crippen molar-refractivity contribution in [2.24, 2.45) is 0 Å². The molecule has 0 radical (unpaired) electrons. The fourth-order valence-electron chi connectivity index (χ4n) is 4.21. The van der Waals surface area contributed by atoms with Gasteiger partial charge in [0, 0.05) is 38.5 Å². The van der Waals surface area contributed by atoms with Gasteiger partial charge in [0.05, 0.1) is 0 Å². The first-order valence-corrected chi connectivity index (χ1v) is 11.0. The summed E-state index contributed by atoms with van der Waals surface area (Å²) in [5.74, 6) is 0.258. The van der Waals surface area contributed by atoms with E-state index in [0.717, 1.165) is 54.9 Å². The molecular formula is C27H32Cl2N2O2. The number of aliphatic hydroxyl groups excluding tert-OH is 1. The Labute approximate surface area is 208 Å². The predicted molar refractivity (Wildman–Crippen MR) is 143 cm³/mol. The van der Waals surface area contributed by atoms with Gasteiger partial charge in [-0.25, -0.2) is 0 Å². The highest BCUT2D eigenvalue weighted by atomic mass is 35.5. The van der Waals surface area contributed by atoms with E-state index < -0.39 is 0 Å². The number of hydrogen-bond acceptors (Lipinski definition) is 4. The minimum atomic E-state index is 0. The molecule has 3 aromatic carbocycles. The molecule has 3 aromatic rings. The van der Waals surface area contributed by atoms with Crippen LogP contribution in [0.4, 0.5) is 5.69 Å². The number of aromatic hydroxyl groups is 1. The van der Waals surface area contributed by atoms with E-state index in [0.29, 0.717) is 6.42 Å². The van der Waals surface area contributed by atoms with Crippen LogP contribution in [0, 0.1) is 0 Å². The van der Waals surface area contributed by atoms with Crippen LogP contribution in [0.1, 0.15) is 29.5 Å². The van der Waals surface area contributed by atoms with Gasteiger partial charge in [-0.05, 0) is 64.9 Å². The van der Waals surface area contributed by atoms with E-state index in [1.807, 2.05) is 18.2 Å². The summed E-state index contributed by atoms with van der Waals surface area (Å²) in [7, 11) is 0. The molecule has 1 fully saturated rings. The highest BCUT2D eigenvalue weighted by Crippen LogP contribution is 2.36. The van der Waals surface area contributed by atoms with Crippen molar-refractivity contribution >= 4 is 41.6 Å². The van der Waals surface area contributed by atoms with Crippen LogP contribution in [0.15, 0.2) is 78.9 Å². The molecule has 0 bridgehead atoms. The Morgan fingerprint density at radius 1 is 0.758 bits per heavy atom. The molecule has 1 aliphatic heterocycles. The van der Waals surface area contributed by atoms with E-state index in [-0.39, 0.29) is 37.2 Å². The van der Waals surface area contributed by atoms with Gasteiger partial charge < -0.3 is 20.4 Å². The van der Waals surface area contributed by atoms with E-state index >= 15 is 0 Å². The van der Waals surface area contributed by atoms with Crippen molar-refractivity contribution in [2.45, 2.75) is 12.8 Å². The molecule has 1 aliphatic rings. The lowest BCUT2D eigenvalue weighted by molar-refractivity contribution is 0.290. The molecule has 0 saturated carbocycles. The summed E-state index contributed by atoms with van der Waals surface area (Å²) in [5, 5.41) is 22.8. The second kappa shape index (κ2) is 13.3. The molecule has 0 atom stereocenters. The third-order valence-electron chi connectivity index (χ3n) is 5.80. The fourth-order valence-corrected chi connectivity index (χ4v) is 4.21. The van der Waals surface area contributed by atoms with Crippen LogP contribution in [0.3, 0.4) is 0 Å². The number of nitrogens with one attached hydrogen (secondary N) is 1. The molecule has 0 spiro atoms. The van der Waals surface area contributed by atoms with Crippen LogP contribution in [0.2, 0.25) is 0 Å². The number of piperazine rings is 1. The number of nitrogens with zero attached hydrogens (tertiary/aromatic N) is 1. The topological polar surface area (TPSA) is 55.7 Å². The van der Waals surface area contributed by atoms with Gasteiger partial charge in [-0.1, -0.05) is 54.6 Å². The number of halogens is 2. The van der Waals surface area contributed by atoms with E-state index in [1.165, 1.54) is 11.3 Å². The van der Waals surface area contributed by atoms with Crippen LogP contribution in [-0.2, 0) is 0 Å². The molecule has 0 aromatic heterocycles. The molecule has 4 rings (SSSR count). The van der Waals surface area contributed by atoms with Crippen molar-refractivity contribution in [1.82, 2.24) is 5.32 Å². The van der Waals surface area contributed by atoms with Crippen molar-refractivity contribution < 1.29 is 10.2 Å². The Balaban J connectivity index is 0.00000193. The molecule has 176 valence electrons. The molecular weight excluding hydrogens is 455 g/mol. The van der Waals surface area contributed by atoms with Crippen LogP contribution < -0.4 is 10.2 Å². The summed E-state index contributed by atoms with van der Waals surface area (Å²) in [6.45, 7) is 4.22. The summed E-state index contributed by atoms with van der Waals surface area (Å²) in [6.07, 6.45) is 1.47. The Kier molecular flexibility index (Phi) is 10.8. The normalized spacial score (nSPS) is 14.0. The highest BCUT2D eigenvalue weighted by Gasteiger charge is 2.16. The molecule has 0 amide bonds. The Morgan fingerprint density at radius 3 is 1.91 bits per heavy atom. The van der Waals surface area contributed by atoms with E-state index in [9.17, 15) is 10.2 Å². The maximum absolute atomic E-state index is 9.83. The number of anilines is 1. The lowest BCUT2D eigenvalue weighted by atomic mass is 9.87. The van der Waals surface area contributed by atoms with E-state index in [1.54, 1.807) is 12.1 Å². The van der Waals surface area contributed by atoms with Crippen LogP contribution in [0.25, 0.3) is 11.1 Å². The molecule has 0 unspecified atom stereocenters. The standard InChI is InChI=1S/C27H30N2O2.2ClH/c30-20-4-7-26(21-5-2-1-3-6-21)27(23-10-14-25(31)15-11-23)22-8-12-24(13-9-22)29-18-16-28-17-19-29;;/h1-3,5-6,8-15,28,30-31H,4,7,16-20H2;2*1H/b27-26+;;. The van der Waals surface area contributed by atoms with E-state index in [4.69, 9.17) is 0 Å². The van der Waals surface area contributed by atoms with Crippen LogP contribution >= 0.6 is 24.8 Å². The van der Waals surface area contributed by atoms with Crippen LogP contribution in [-0.4, -0.2) is 43.0 Å². The largest absolute Gasteiger partial charge is 0.508 e. The molecule has 1 heterocycles. The second-order valence-electron chi connectivity index (χ2n) is 7.88. The van der Waals surface area contributed by atoms with Gasteiger partial charge in [-0.15, -0.1) is 24.8 Å². The SMILES string of the molecule is Cl.Cl.OCCC/C(=C(\c1ccc(O)cc1)c1ccc(N2CCNCC2)cc1)c1ccccc1. The smallest absolute Gasteiger partial charge is 0.115 e. The number of rotatable bonds is 7. The first-order chi connectivity index (χ1) is 15.3. The van der Waals surface area contributed by atoms with Crippen molar-refractivity contribution in [2.75, 3.05) is 37.7 Å². The van der Waals surface area contributed by atoms with E-state index in [2.05, 4.69) is 58.7 Å².